The molecule has 3 aromatic rings. The lowest BCUT2D eigenvalue weighted by atomic mass is 9.45. The molecule has 6 nitrogen and oxygen atoms in total. The molecule has 0 radical (unpaired) electrons. The van der Waals surface area contributed by atoms with E-state index in [1.165, 1.54) is 28.6 Å². The van der Waals surface area contributed by atoms with Gasteiger partial charge in [-0.3, -0.25) is 9.48 Å². The SMILES string of the molecule is CC12Cc3cnn(C(C)(C)C)c3C=C1CCC1C2C(O)CC2(C)C1CCC2(O)C(=O)CSc1ccc2ccccc2n1. The molecule has 2 aromatic heterocycles. The number of aliphatic hydroxyl groups excluding tert-OH is 1. The van der Waals surface area contributed by atoms with Gasteiger partial charge in [0, 0.05) is 10.8 Å². The van der Waals surface area contributed by atoms with Crippen molar-refractivity contribution in [3.8, 4) is 0 Å². The Bertz CT molecular complexity index is 1610. The minimum atomic E-state index is -1.43. The van der Waals surface area contributed by atoms with Crippen LogP contribution in [0.25, 0.3) is 17.0 Å². The van der Waals surface area contributed by atoms with E-state index in [-0.39, 0.29) is 40.2 Å². The van der Waals surface area contributed by atoms with Gasteiger partial charge in [0.2, 0.25) is 0 Å². The molecule has 7 heteroatoms. The summed E-state index contributed by atoms with van der Waals surface area (Å²) in [4.78, 5) is 18.6. The molecule has 3 fully saturated rings. The number of hydrogen-bond acceptors (Lipinski definition) is 6. The van der Waals surface area contributed by atoms with Crippen molar-refractivity contribution in [3.63, 3.8) is 0 Å². The molecule has 7 rings (SSSR count). The summed E-state index contributed by atoms with van der Waals surface area (Å²) in [5.41, 5.74) is 2.49. The van der Waals surface area contributed by atoms with Gasteiger partial charge in [0.05, 0.1) is 39.8 Å². The van der Waals surface area contributed by atoms with E-state index >= 15 is 0 Å². The maximum absolute atomic E-state index is 13.8. The number of nitrogens with zero attached hydrogens (tertiary/aromatic N) is 3. The van der Waals surface area contributed by atoms with Gasteiger partial charge in [0.15, 0.2) is 5.78 Å². The zero-order valence-corrected chi connectivity index (χ0v) is 26.2. The number of Topliss-reactive ketones (excluding diaryl/α,β-unsaturated/α-hetero) is 1. The number of aromatic nitrogens is 3. The van der Waals surface area contributed by atoms with Crippen LogP contribution in [0.2, 0.25) is 0 Å². The molecule has 0 amide bonds. The molecule has 2 N–H and O–H groups in total. The number of aliphatic hydroxyl groups is 2. The van der Waals surface area contributed by atoms with Crippen LogP contribution in [-0.4, -0.2) is 48.2 Å². The first-order valence-electron chi connectivity index (χ1n) is 15.6. The fraction of sp³-hybridized carbons (Fsp3) is 0.571. The van der Waals surface area contributed by atoms with Crippen LogP contribution in [-0.2, 0) is 16.8 Å². The van der Waals surface area contributed by atoms with E-state index in [1.54, 1.807) is 0 Å². The van der Waals surface area contributed by atoms with Crippen LogP contribution in [0.1, 0.15) is 78.0 Å². The van der Waals surface area contributed by atoms with Crippen molar-refractivity contribution >= 4 is 34.5 Å². The Hall–Kier alpha value is -2.48. The van der Waals surface area contributed by atoms with E-state index in [1.807, 2.05) is 42.6 Å². The summed E-state index contributed by atoms with van der Waals surface area (Å²) < 4.78 is 2.14. The van der Waals surface area contributed by atoms with Gasteiger partial charge in [-0.25, -0.2) is 4.98 Å². The van der Waals surface area contributed by atoms with E-state index in [0.717, 1.165) is 41.6 Å². The minimum absolute atomic E-state index is 0.0920. The number of thioether (sulfide) groups is 1. The molecule has 0 spiro atoms. The first kappa shape index (κ1) is 28.3. The molecule has 3 saturated carbocycles. The Balaban J connectivity index is 1.13. The highest BCUT2D eigenvalue weighted by atomic mass is 32.2. The molecule has 4 aliphatic carbocycles. The first-order valence-corrected chi connectivity index (χ1v) is 16.5. The highest BCUT2D eigenvalue weighted by Gasteiger charge is 2.68. The average Bonchev–Trinajstić information content (AvgIpc) is 3.47. The van der Waals surface area contributed by atoms with Crippen LogP contribution in [0.15, 0.2) is 53.2 Å². The van der Waals surface area contributed by atoms with Crippen LogP contribution in [0.3, 0.4) is 0 Å². The number of rotatable bonds is 4. The first-order chi connectivity index (χ1) is 19.8. The van der Waals surface area contributed by atoms with Crippen LogP contribution < -0.4 is 0 Å². The highest BCUT2D eigenvalue weighted by Crippen LogP contribution is 2.67. The maximum atomic E-state index is 13.8. The molecule has 0 bridgehead atoms. The van der Waals surface area contributed by atoms with Crippen LogP contribution in [0.5, 0.6) is 0 Å². The summed E-state index contributed by atoms with van der Waals surface area (Å²) in [6, 6.07) is 11.9. The number of ketones is 1. The molecule has 1 aromatic carbocycles. The van der Waals surface area contributed by atoms with Crippen molar-refractivity contribution in [2.75, 3.05) is 5.75 Å². The lowest BCUT2D eigenvalue weighted by molar-refractivity contribution is -0.177. The second kappa shape index (κ2) is 9.51. The predicted molar refractivity (Wildman–Crippen MR) is 167 cm³/mol. The molecule has 4 aliphatic rings. The van der Waals surface area contributed by atoms with E-state index < -0.39 is 17.1 Å². The van der Waals surface area contributed by atoms with Gasteiger partial charge in [-0.1, -0.05) is 55.4 Å². The van der Waals surface area contributed by atoms with Gasteiger partial charge >= 0.3 is 0 Å². The van der Waals surface area contributed by atoms with Crippen LogP contribution >= 0.6 is 11.8 Å². The smallest absolute Gasteiger partial charge is 0.175 e. The fourth-order valence-corrected chi connectivity index (χ4v) is 10.4. The van der Waals surface area contributed by atoms with Crippen LogP contribution in [0.4, 0.5) is 0 Å². The van der Waals surface area contributed by atoms with Crippen molar-refractivity contribution < 1.29 is 15.0 Å². The topological polar surface area (TPSA) is 88.2 Å². The van der Waals surface area contributed by atoms with Crippen molar-refractivity contribution in [1.29, 1.82) is 0 Å². The van der Waals surface area contributed by atoms with Crippen molar-refractivity contribution in [2.24, 2.45) is 28.6 Å². The van der Waals surface area contributed by atoms with E-state index in [2.05, 4.69) is 45.4 Å². The van der Waals surface area contributed by atoms with E-state index in [4.69, 9.17) is 10.1 Å². The van der Waals surface area contributed by atoms with Gasteiger partial charge in [0.25, 0.3) is 0 Å². The third kappa shape index (κ3) is 4.02. The molecular weight excluding hydrogens is 542 g/mol. The van der Waals surface area contributed by atoms with Crippen molar-refractivity contribution in [2.45, 2.75) is 95.4 Å². The number of benzene rings is 1. The molecule has 0 saturated heterocycles. The standard InChI is InChI=1S/C35H43N3O3S/c1-32(2,3)38-27-16-23-11-12-24-25-14-15-35(41,29(40)20-42-30-13-10-21-8-6-7-9-26(21)37-30)34(25,5)18-28(39)31(24)33(23,4)17-22(27)19-36-38/h6-10,13,16,19,24-25,28,31,39,41H,11-12,14-15,17-18,20H2,1-5H3. The second-order valence-corrected chi connectivity index (χ2v) is 15.9. The molecule has 7 atom stereocenters. The Morgan fingerprint density at radius 3 is 2.71 bits per heavy atom. The summed E-state index contributed by atoms with van der Waals surface area (Å²) in [5, 5.41) is 30.7. The number of hydrogen-bond donors (Lipinski definition) is 2. The highest BCUT2D eigenvalue weighted by molar-refractivity contribution is 7.99. The van der Waals surface area contributed by atoms with Gasteiger partial charge in [-0.15, -0.1) is 0 Å². The molecule has 7 unspecified atom stereocenters. The van der Waals surface area contributed by atoms with E-state index in [9.17, 15) is 15.0 Å². The van der Waals surface area contributed by atoms with Gasteiger partial charge in [-0.2, -0.15) is 5.10 Å². The monoisotopic (exact) mass is 585 g/mol. The lowest BCUT2D eigenvalue weighted by Crippen LogP contribution is -2.62. The summed E-state index contributed by atoms with van der Waals surface area (Å²) >= 11 is 1.40. The van der Waals surface area contributed by atoms with Crippen molar-refractivity contribution in [3.05, 3.63) is 59.4 Å². The molecule has 0 aliphatic heterocycles. The van der Waals surface area contributed by atoms with Gasteiger partial charge in [0.1, 0.15) is 5.60 Å². The quantitative estimate of drug-likeness (QED) is 0.343. The molecule has 222 valence electrons. The summed E-state index contributed by atoms with van der Waals surface area (Å²) in [7, 11) is 0. The zero-order chi connectivity index (χ0) is 29.7. The number of carbonyl (C=O) groups excluding carboxylic acids is 1. The normalized spacial score (nSPS) is 35.6. The maximum Gasteiger partial charge on any atom is 0.175 e. The Labute approximate surface area is 253 Å². The number of fused-ring (bicyclic) bond motifs is 7. The molecule has 42 heavy (non-hydrogen) atoms. The lowest BCUT2D eigenvalue weighted by Gasteiger charge is -2.60. The summed E-state index contributed by atoms with van der Waals surface area (Å²) in [5.74, 6) is 0.643. The second-order valence-electron chi connectivity index (χ2n) is 14.9. The predicted octanol–water partition coefficient (Wildman–Crippen LogP) is 6.43. The minimum Gasteiger partial charge on any atom is -0.393 e. The van der Waals surface area contributed by atoms with Gasteiger partial charge in [-0.05, 0) is 106 Å². The average molecular weight is 586 g/mol. The van der Waals surface area contributed by atoms with Gasteiger partial charge < -0.3 is 10.2 Å². The number of pyridine rings is 1. The Kier molecular flexibility index (Phi) is 6.41. The zero-order valence-electron chi connectivity index (χ0n) is 25.4. The number of para-hydroxylation sites is 1. The summed E-state index contributed by atoms with van der Waals surface area (Å²) in [6.07, 6.45) is 8.42. The number of carbonyl (C=O) groups is 1. The third-order valence-electron chi connectivity index (χ3n) is 11.6. The summed E-state index contributed by atoms with van der Waals surface area (Å²) in [6.45, 7) is 11.0. The van der Waals surface area contributed by atoms with Crippen LogP contribution in [0, 0.1) is 28.6 Å². The molecular formula is C35H43N3O3S. The number of allylic oxidation sites excluding steroid dienone is 1. The molecule has 2 heterocycles. The Morgan fingerprint density at radius 1 is 1.14 bits per heavy atom. The Morgan fingerprint density at radius 2 is 1.93 bits per heavy atom. The fourth-order valence-electron chi connectivity index (χ4n) is 9.57. The largest absolute Gasteiger partial charge is 0.393 e. The van der Waals surface area contributed by atoms with E-state index in [0.29, 0.717) is 12.8 Å². The van der Waals surface area contributed by atoms with Crippen molar-refractivity contribution in [1.82, 2.24) is 14.8 Å². The third-order valence-corrected chi connectivity index (χ3v) is 12.5.